The minimum absolute atomic E-state index is 0.0704. The van der Waals surface area contributed by atoms with Crippen molar-refractivity contribution in [1.29, 1.82) is 0 Å². The Labute approximate surface area is 129 Å². The van der Waals surface area contributed by atoms with Gasteiger partial charge in [0.2, 0.25) is 0 Å². The van der Waals surface area contributed by atoms with Crippen molar-refractivity contribution in [2.24, 2.45) is 0 Å². The summed E-state index contributed by atoms with van der Waals surface area (Å²) in [5.74, 6) is 0. The van der Waals surface area contributed by atoms with Crippen LogP contribution < -0.4 is 16.2 Å². The average Bonchev–Trinajstić information content (AvgIpc) is 2.54. The monoisotopic (exact) mass is 300 g/mol. The molecule has 0 atom stereocenters. The highest BCUT2D eigenvalue weighted by atomic mass is 16.2. The van der Waals surface area contributed by atoms with Crippen LogP contribution >= 0.6 is 0 Å². The Morgan fingerprint density at radius 1 is 1.18 bits per heavy atom. The molecule has 2 N–H and O–H groups in total. The van der Waals surface area contributed by atoms with E-state index in [0.717, 1.165) is 11.3 Å². The lowest BCUT2D eigenvalue weighted by atomic mass is 10.2. The Kier molecular flexibility index (Phi) is 5.30. The third-order valence-corrected chi connectivity index (χ3v) is 3.45. The van der Waals surface area contributed by atoms with Gasteiger partial charge < -0.3 is 10.6 Å². The van der Waals surface area contributed by atoms with Gasteiger partial charge in [0, 0.05) is 30.9 Å². The molecule has 22 heavy (non-hydrogen) atoms. The number of amides is 2. The highest BCUT2D eigenvalue weighted by Gasteiger charge is 2.04. The summed E-state index contributed by atoms with van der Waals surface area (Å²) in [4.78, 5) is 27.8. The fraction of sp³-hybridized carbons (Fsp3) is 0.312. The maximum Gasteiger partial charge on any atom is 0.315 e. The zero-order valence-corrected chi connectivity index (χ0v) is 12.8. The standard InChI is InChI=1S/C16H20N4O2/c1-12-13(2)19-11-20(15(12)21)9-8-17-16(22)18-10-14-6-4-3-5-7-14/h3-7,11H,8-10H2,1-2H3,(H2,17,18,22). The van der Waals surface area contributed by atoms with E-state index in [0.29, 0.717) is 25.2 Å². The van der Waals surface area contributed by atoms with Gasteiger partial charge >= 0.3 is 6.03 Å². The van der Waals surface area contributed by atoms with Crippen LogP contribution in [0.15, 0.2) is 41.5 Å². The van der Waals surface area contributed by atoms with Crippen molar-refractivity contribution in [3.05, 3.63) is 63.8 Å². The first-order valence-corrected chi connectivity index (χ1v) is 7.16. The van der Waals surface area contributed by atoms with E-state index in [2.05, 4.69) is 15.6 Å². The molecule has 116 valence electrons. The minimum Gasteiger partial charge on any atom is -0.336 e. The first-order valence-electron chi connectivity index (χ1n) is 7.16. The number of carbonyl (C=O) groups is 1. The van der Waals surface area contributed by atoms with E-state index in [9.17, 15) is 9.59 Å². The number of carbonyl (C=O) groups excluding carboxylic acids is 1. The molecule has 2 amide bonds. The van der Waals surface area contributed by atoms with Gasteiger partial charge in [-0.3, -0.25) is 9.36 Å². The van der Waals surface area contributed by atoms with Crippen molar-refractivity contribution in [2.75, 3.05) is 6.54 Å². The summed E-state index contributed by atoms with van der Waals surface area (Å²) >= 11 is 0. The first kappa shape index (κ1) is 15.8. The molecular formula is C16H20N4O2. The minimum atomic E-state index is -0.256. The van der Waals surface area contributed by atoms with Crippen LogP contribution in [0.1, 0.15) is 16.8 Å². The average molecular weight is 300 g/mol. The SMILES string of the molecule is Cc1ncn(CCNC(=O)NCc2ccccc2)c(=O)c1C. The Morgan fingerprint density at radius 3 is 2.64 bits per heavy atom. The van der Waals surface area contributed by atoms with Gasteiger partial charge in [0.1, 0.15) is 0 Å². The molecule has 1 heterocycles. The van der Waals surface area contributed by atoms with Gasteiger partial charge in [0.15, 0.2) is 0 Å². The first-order chi connectivity index (χ1) is 10.6. The number of benzene rings is 1. The van der Waals surface area contributed by atoms with Crippen molar-refractivity contribution in [2.45, 2.75) is 26.9 Å². The quantitative estimate of drug-likeness (QED) is 0.875. The van der Waals surface area contributed by atoms with Gasteiger partial charge in [0.05, 0.1) is 6.33 Å². The van der Waals surface area contributed by atoms with Crippen molar-refractivity contribution >= 4 is 6.03 Å². The van der Waals surface area contributed by atoms with E-state index in [-0.39, 0.29) is 11.6 Å². The number of aryl methyl sites for hydroxylation is 1. The van der Waals surface area contributed by atoms with E-state index in [1.165, 1.54) is 10.9 Å². The molecular weight excluding hydrogens is 280 g/mol. The van der Waals surface area contributed by atoms with Crippen molar-refractivity contribution in [1.82, 2.24) is 20.2 Å². The molecule has 0 aliphatic heterocycles. The molecule has 0 bridgehead atoms. The molecule has 0 radical (unpaired) electrons. The fourth-order valence-corrected chi connectivity index (χ4v) is 1.97. The van der Waals surface area contributed by atoms with E-state index in [1.807, 2.05) is 30.3 Å². The number of urea groups is 1. The number of hydrogen-bond donors (Lipinski definition) is 2. The molecule has 0 fully saturated rings. The maximum absolute atomic E-state index is 12.0. The highest BCUT2D eigenvalue weighted by Crippen LogP contribution is 1.97. The predicted molar refractivity (Wildman–Crippen MR) is 84.7 cm³/mol. The van der Waals surface area contributed by atoms with Crippen LogP contribution in [0.2, 0.25) is 0 Å². The molecule has 0 saturated heterocycles. The molecule has 1 aromatic heterocycles. The molecule has 2 rings (SSSR count). The molecule has 2 aromatic rings. The van der Waals surface area contributed by atoms with Gasteiger partial charge in [-0.05, 0) is 19.4 Å². The van der Waals surface area contributed by atoms with Crippen LogP contribution in [0.3, 0.4) is 0 Å². The van der Waals surface area contributed by atoms with Gasteiger partial charge in [-0.2, -0.15) is 0 Å². The van der Waals surface area contributed by atoms with Crippen LogP contribution in [0.5, 0.6) is 0 Å². The van der Waals surface area contributed by atoms with E-state index >= 15 is 0 Å². The predicted octanol–water partition coefficient (Wildman–Crippen LogP) is 1.36. The van der Waals surface area contributed by atoms with Crippen LogP contribution in [0.25, 0.3) is 0 Å². The van der Waals surface area contributed by atoms with Crippen LogP contribution in [0.4, 0.5) is 4.79 Å². The third-order valence-electron chi connectivity index (χ3n) is 3.45. The number of aromatic nitrogens is 2. The lowest BCUT2D eigenvalue weighted by Gasteiger charge is -2.10. The Hall–Kier alpha value is -2.63. The lowest BCUT2D eigenvalue weighted by Crippen LogP contribution is -2.38. The second-order valence-corrected chi connectivity index (χ2v) is 5.05. The van der Waals surface area contributed by atoms with Crippen molar-refractivity contribution in [3.63, 3.8) is 0 Å². The van der Waals surface area contributed by atoms with Gasteiger partial charge in [0.25, 0.3) is 5.56 Å². The van der Waals surface area contributed by atoms with Gasteiger partial charge in [-0.15, -0.1) is 0 Å². The Morgan fingerprint density at radius 2 is 1.91 bits per heavy atom. The summed E-state index contributed by atoms with van der Waals surface area (Å²) in [7, 11) is 0. The van der Waals surface area contributed by atoms with E-state index < -0.39 is 0 Å². The van der Waals surface area contributed by atoms with E-state index in [4.69, 9.17) is 0 Å². The summed E-state index contributed by atoms with van der Waals surface area (Å²) in [5.41, 5.74) is 2.33. The van der Waals surface area contributed by atoms with E-state index in [1.54, 1.807) is 13.8 Å². The molecule has 0 aliphatic rings. The fourth-order valence-electron chi connectivity index (χ4n) is 1.97. The van der Waals surface area contributed by atoms with Crippen LogP contribution in [-0.4, -0.2) is 22.1 Å². The Balaban J connectivity index is 1.78. The second-order valence-electron chi connectivity index (χ2n) is 5.05. The Bertz CT molecular complexity index is 695. The van der Waals surface area contributed by atoms with Crippen LogP contribution in [-0.2, 0) is 13.1 Å². The maximum atomic E-state index is 12.0. The summed E-state index contributed by atoms with van der Waals surface area (Å²) in [6.07, 6.45) is 1.51. The molecule has 0 saturated carbocycles. The highest BCUT2D eigenvalue weighted by molar-refractivity contribution is 5.73. The summed E-state index contributed by atoms with van der Waals surface area (Å²) in [6.45, 7) is 4.78. The molecule has 1 aromatic carbocycles. The summed E-state index contributed by atoms with van der Waals surface area (Å²) < 4.78 is 1.50. The molecule has 0 unspecified atom stereocenters. The molecule has 6 heteroatoms. The molecule has 0 spiro atoms. The second kappa shape index (κ2) is 7.40. The smallest absolute Gasteiger partial charge is 0.315 e. The van der Waals surface area contributed by atoms with Gasteiger partial charge in [-0.25, -0.2) is 9.78 Å². The normalized spacial score (nSPS) is 10.3. The summed E-state index contributed by atoms with van der Waals surface area (Å²) in [5, 5.41) is 5.49. The largest absolute Gasteiger partial charge is 0.336 e. The van der Waals surface area contributed by atoms with Crippen molar-refractivity contribution < 1.29 is 4.79 Å². The molecule has 0 aliphatic carbocycles. The number of nitrogens with one attached hydrogen (secondary N) is 2. The van der Waals surface area contributed by atoms with Crippen molar-refractivity contribution in [3.8, 4) is 0 Å². The van der Waals surface area contributed by atoms with Crippen LogP contribution in [0, 0.1) is 13.8 Å². The zero-order chi connectivity index (χ0) is 15.9. The lowest BCUT2D eigenvalue weighted by molar-refractivity contribution is 0.240. The van der Waals surface area contributed by atoms with Gasteiger partial charge in [-0.1, -0.05) is 30.3 Å². The number of hydrogen-bond acceptors (Lipinski definition) is 3. The zero-order valence-electron chi connectivity index (χ0n) is 12.8. The summed E-state index contributed by atoms with van der Waals surface area (Å²) in [6, 6.07) is 9.41. The molecule has 6 nitrogen and oxygen atoms in total. The number of nitrogens with zero attached hydrogens (tertiary/aromatic N) is 2. The topological polar surface area (TPSA) is 76.0 Å². The number of rotatable bonds is 5. The third kappa shape index (κ3) is 4.18.